The zero-order valence-electron chi connectivity index (χ0n) is 15.8. The zero-order valence-corrected chi connectivity index (χ0v) is 16.6. The summed E-state index contributed by atoms with van der Waals surface area (Å²) in [6.07, 6.45) is -0.691. The summed E-state index contributed by atoms with van der Waals surface area (Å²) in [7, 11) is 0. The molecule has 0 radical (unpaired) electrons. The number of thioether (sulfide) groups is 1. The molecule has 0 unspecified atom stereocenters. The lowest BCUT2D eigenvalue weighted by Gasteiger charge is -2.30. The molecule has 0 N–H and O–H groups in total. The molecule has 7 heteroatoms. The lowest BCUT2D eigenvalue weighted by Crippen LogP contribution is -2.49. The molecule has 4 rings (SSSR count). The second-order valence-electron chi connectivity index (χ2n) is 6.53. The van der Waals surface area contributed by atoms with E-state index < -0.39 is 6.10 Å². The summed E-state index contributed by atoms with van der Waals surface area (Å²) >= 11 is 1.56. The Hall–Kier alpha value is -2.67. The highest BCUT2D eigenvalue weighted by Gasteiger charge is 2.39. The maximum Gasteiger partial charge on any atom is 0.273 e. The number of hydrogen-bond acceptors (Lipinski definition) is 6. The van der Waals surface area contributed by atoms with E-state index in [2.05, 4.69) is 0 Å². The molecule has 2 aliphatic rings. The van der Waals surface area contributed by atoms with Crippen LogP contribution in [0.25, 0.3) is 0 Å². The Morgan fingerprint density at radius 3 is 2.79 bits per heavy atom. The number of amidine groups is 1. The fourth-order valence-electron chi connectivity index (χ4n) is 3.15. The third kappa shape index (κ3) is 3.67. The van der Waals surface area contributed by atoms with Gasteiger partial charge in [-0.2, -0.15) is 0 Å². The maximum absolute atomic E-state index is 13.2. The smallest absolute Gasteiger partial charge is 0.273 e. The fourth-order valence-corrected chi connectivity index (χ4v) is 4.26. The van der Waals surface area contributed by atoms with Crippen LogP contribution in [0.3, 0.4) is 0 Å². The van der Waals surface area contributed by atoms with Crippen LogP contribution in [0.1, 0.15) is 13.8 Å². The second kappa shape index (κ2) is 8.14. The standard InChI is InChI=1S/C21H22N2O4S/c1-3-25-16-9-5-4-8-15(16)22-21-23(14(2)13-28-21)20(24)19-12-26-17-10-6-7-11-18(17)27-19/h4-11,14,19H,3,12-13H2,1-2H3/t14-,19-/m1/s1. The van der Waals surface area contributed by atoms with Gasteiger partial charge in [0.1, 0.15) is 18.0 Å². The van der Waals surface area contributed by atoms with Gasteiger partial charge in [-0.25, -0.2) is 4.99 Å². The second-order valence-corrected chi connectivity index (χ2v) is 7.51. The monoisotopic (exact) mass is 398 g/mol. The third-order valence-corrected chi connectivity index (χ3v) is 5.70. The molecule has 0 bridgehead atoms. The summed E-state index contributed by atoms with van der Waals surface area (Å²) in [5.41, 5.74) is 0.713. The Morgan fingerprint density at radius 1 is 1.21 bits per heavy atom. The van der Waals surface area contributed by atoms with Crippen LogP contribution in [0.15, 0.2) is 53.5 Å². The predicted molar refractivity (Wildman–Crippen MR) is 110 cm³/mol. The average molecular weight is 398 g/mol. The lowest BCUT2D eigenvalue weighted by molar-refractivity contribution is -0.137. The molecule has 0 aliphatic carbocycles. The summed E-state index contributed by atoms with van der Waals surface area (Å²) < 4.78 is 17.3. The van der Waals surface area contributed by atoms with Crippen molar-refractivity contribution in [1.82, 2.24) is 4.90 Å². The topological polar surface area (TPSA) is 60.4 Å². The van der Waals surface area contributed by atoms with Crippen molar-refractivity contribution in [3.63, 3.8) is 0 Å². The number of benzene rings is 2. The van der Waals surface area contributed by atoms with Crippen LogP contribution in [0, 0.1) is 0 Å². The van der Waals surface area contributed by atoms with Crippen molar-refractivity contribution in [3.05, 3.63) is 48.5 Å². The first-order valence-corrected chi connectivity index (χ1v) is 10.3. The molecular weight excluding hydrogens is 376 g/mol. The molecule has 0 saturated carbocycles. The van der Waals surface area contributed by atoms with Crippen molar-refractivity contribution >= 4 is 28.5 Å². The SMILES string of the molecule is CCOc1ccccc1N=C1SC[C@@H](C)N1C(=O)[C@H]1COc2ccccc2O1. The highest BCUT2D eigenvalue weighted by Crippen LogP contribution is 2.35. The predicted octanol–water partition coefficient (Wildman–Crippen LogP) is 3.88. The first kappa shape index (κ1) is 18.7. The van der Waals surface area contributed by atoms with Gasteiger partial charge < -0.3 is 14.2 Å². The molecule has 0 spiro atoms. The summed E-state index contributed by atoms with van der Waals surface area (Å²) in [5.74, 6) is 2.60. The minimum Gasteiger partial charge on any atom is -0.492 e. The van der Waals surface area contributed by atoms with Gasteiger partial charge >= 0.3 is 0 Å². The van der Waals surface area contributed by atoms with E-state index in [0.717, 1.165) is 5.75 Å². The van der Waals surface area contributed by atoms with Crippen LogP contribution >= 0.6 is 11.8 Å². The van der Waals surface area contributed by atoms with Gasteiger partial charge in [0, 0.05) is 11.8 Å². The highest BCUT2D eigenvalue weighted by molar-refractivity contribution is 8.14. The van der Waals surface area contributed by atoms with E-state index in [9.17, 15) is 4.79 Å². The van der Waals surface area contributed by atoms with E-state index in [0.29, 0.717) is 34.7 Å². The van der Waals surface area contributed by atoms with Crippen LogP contribution in [0.4, 0.5) is 5.69 Å². The number of ether oxygens (including phenoxy) is 3. The average Bonchev–Trinajstić information content (AvgIpc) is 3.08. The minimum absolute atomic E-state index is 0.0243. The number of fused-ring (bicyclic) bond motifs is 1. The highest BCUT2D eigenvalue weighted by atomic mass is 32.2. The molecule has 2 aromatic carbocycles. The van der Waals surface area contributed by atoms with E-state index in [1.165, 1.54) is 0 Å². The number of carbonyl (C=O) groups is 1. The van der Waals surface area contributed by atoms with Gasteiger partial charge in [-0.3, -0.25) is 9.69 Å². The van der Waals surface area contributed by atoms with Crippen molar-refractivity contribution in [2.75, 3.05) is 19.0 Å². The molecule has 146 valence electrons. The number of rotatable bonds is 4. The normalized spacial score (nSPS) is 22.4. The number of amides is 1. The molecule has 0 aromatic heterocycles. The van der Waals surface area contributed by atoms with E-state index in [1.54, 1.807) is 16.7 Å². The van der Waals surface area contributed by atoms with Crippen molar-refractivity contribution < 1.29 is 19.0 Å². The molecule has 1 saturated heterocycles. The van der Waals surface area contributed by atoms with Crippen molar-refractivity contribution in [3.8, 4) is 17.2 Å². The number of hydrogen-bond donors (Lipinski definition) is 0. The molecular formula is C21H22N2O4S. The number of para-hydroxylation sites is 4. The van der Waals surface area contributed by atoms with Crippen LogP contribution < -0.4 is 14.2 Å². The lowest BCUT2D eigenvalue weighted by atomic mass is 10.2. The summed E-state index contributed by atoms with van der Waals surface area (Å²) in [6, 6.07) is 15.0. The largest absolute Gasteiger partial charge is 0.492 e. The van der Waals surface area contributed by atoms with Gasteiger partial charge in [0.15, 0.2) is 16.7 Å². The molecule has 2 aliphatic heterocycles. The molecule has 1 fully saturated rings. The van der Waals surface area contributed by atoms with E-state index in [-0.39, 0.29) is 18.6 Å². The summed E-state index contributed by atoms with van der Waals surface area (Å²) in [6.45, 7) is 4.69. The quantitative estimate of drug-likeness (QED) is 0.782. The third-order valence-electron chi connectivity index (χ3n) is 4.50. The Labute approximate surface area is 168 Å². The van der Waals surface area contributed by atoms with Crippen LogP contribution in [-0.2, 0) is 4.79 Å². The minimum atomic E-state index is -0.691. The Morgan fingerprint density at radius 2 is 1.96 bits per heavy atom. The first-order valence-electron chi connectivity index (χ1n) is 9.32. The Balaban J connectivity index is 1.58. The Kier molecular flexibility index (Phi) is 5.43. The van der Waals surface area contributed by atoms with Crippen LogP contribution in [-0.4, -0.2) is 47.1 Å². The zero-order chi connectivity index (χ0) is 19.5. The van der Waals surface area contributed by atoms with Crippen LogP contribution in [0.2, 0.25) is 0 Å². The van der Waals surface area contributed by atoms with E-state index in [4.69, 9.17) is 19.2 Å². The van der Waals surface area contributed by atoms with Crippen molar-refractivity contribution in [1.29, 1.82) is 0 Å². The number of carbonyl (C=O) groups excluding carboxylic acids is 1. The van der Waals surface area contributed by atoms with Gasteiger partial charge in [0.2, 0.25) is 6.10 Å². The van der Waals surface area contributed by atoms with Gasteiger partial charge in [0.25, 0.3) is 5.91 Å². The van der Waals surface area contributed by atoms with Crippen molar-refractivity contribution in [2.24, 2.45) is 4.99 Å². The van der Waals surface area contributed by atoms with Gasteiger partial charge in [-0.15, -0.1) is 0 Å². The summed E-state index contributed by atoms with van der Waals surface area (Å²) in [5, 5.41) is 0.659. The molecule has 6 nitrogen and oxygen atoms in total. The van der Waals surface area contributed by atoms with E-state index >= 15 is 0 Å². The molecule has 28 heavy (non-hydrogen) atoms. The Bertz CT molecular complexity index is 901. The van der Waals surface area contributed by atoms with Gasteiger partial charge in [-0.05, 0) is 38.1 Å². The summed E-state index contributed by atoms with van der Waals surface area (Å²) in [4.78, 5) is 19.7. The number of aliphatic imine (C=N–C) groups is 1. The fraction of sp³-hybridized carbons (Fsp3) is 0.333. The first-order chi connectivity index (χ1) is 13.7. The van der Waals surface area contributed by atoms with Gasteiger partial charge in [-0.1, -0.05) is 36.0 Å². The maximum atomic E-state index is 13.2. The van der Waals surface area contributed by atoms with Crippen LogP contribution in [0.5, 0.6) is 17.2 Å². The molecule has 2 atom stereocenters. The van der Waals surface area contributed by atoms with E-state index in [1.807, 2.05) is 62.4 Å². The van der Waals surface area contributed by atoms with Crippen molar-refractivity contribution in [2.45, 2.75) is 26.0 Å². The molecule has 2 aromatic rings. The number of nitrogens with zero attached hydrogens (tertiary/aromatic N) is 2. The molecule has 2 heterocycles. The molecule has 1 amide bonds. The van der Waals surface area contributed by atoms with Gasteiger partial charge in [0.05, 0.1) is 6.61 Å².